The van der Waals surface area contributed by atoms with Gasteiger partial charge in [0.2, 0.25) is 5.91 Å². The van der Waals surface area contributed by atoms with Crippen molar-refractivity contribution in [2.45, 2.75) is 41.0 Å². The highest BCUT2D eigenvalue weighted by Crippen LogP contribution is 2.24. The molecule has 0 aromatic heterocycles. The van der Waals surface area contributed by atoms with Gasteiger partial charge in [0.05, 0.1) is 7.11 Å². The summed E-state index contributed by atoms with van der Waals surface area (Å²) in [6.07, 6.45) is 0.459. The van der Waals surface area contributed by atoms with Crippen LogP contribution in [0.15, 0.2) is 0 Å². The lowest BCUT2D eigenvalue weighted by Crippen LogP contribution is -2.42. The van der Waals surface area contributed by atoms with Crippen LogP contribution in [0, 0.1) is 17.3 Å². The lowest BCUT2D eigenvalue weighted by molar-refractivity contribution is -0.150. The van der Waals surface area contributed by atoms with E-state index in [9.17, 15) is 9.59 Å². The van der Waals surface area contributed by atoms with Gasteiger partial charge in [-0.05, 0) is 17.8 Å². The molecule has 0 heterocycles. The summed E-state index contributed by atoms with van der Waals surface area (Å²) in [7, 11) is 1.30. The second-order valence-electron chi connectivity index (χ2n) is 5.35. The van der Waals surface area contributed by atoms with E-state index in [1.54, 1.807) is 6.92 Å². The highest BCUT2D eigenvalue weighted by atomic mass is 16.5. The van der Waals surface area contributed by atoms with Gasteiger partial charge in [-0.1, -0.05) is 34.6 Å². The van der Waals surface area contributed by atoms with Crippen molar-refractivity contribution in [1.29, 1.82) is 0 Å². The summed E-state index contributed by atoms with van der Waals surface area (Å²) in [6.45, 7) is 10.8. The molecule has 0 aromatic rings. The Labute approximate surface area is 104 Å². The van der Waals surface area contributed by atoms with E-state index in [-0.39, 0.29) is 11.3 Å². The number of carbonyl (C=O) groups excluding carboxylic acids is 2. The SMILES string of the molecule is CCC(C(=O)NCC(C)(C)C(C)C)C(=O)OC. The van der Waals surface area contributed by atoms with Crippen LogP contribution < -0.4 is 5.32 Å². The number of amides is 1. The molecular weight excluding hydrogens is 218 g/mol. The van der Waals surface area contributed by atoms with E-state index in [4.69, 9.17) is 0 Å². The molecule has 0 aliphatic heterocycles. The van der Waals surface area contributed by atoms with Gasteiger partial charge in [-0.3, -0.25) is 9.59 Å². The lowest BCUT2D eigenvalue weighted by atomic mass is 9.81. The largest absolute Gasteiger partial charge is 0.468 e. The Hall–Kier alpha value is -1.06. The first-order valence-corrected chi connectivity index (χ1v) is 6.11. The summed E-state index contributed by atoms with van der Waals surface area (Å²) >= 11 is 0. The van der Waals surface area contributed by atoms with Crippen LogP contribution in [0.3, 0.4) is 0 Å². The van der Waals surface area contributed by atoms with Gasteiger partial charge in [0.25, 0.3) is 0 Å². The average molecular weight is 243 g/mol. The molecule has 4 nitrogen and oxygen atoms in total. The fourth-order valence-electron chi connectivity index (χ4n) is 1.24. The second kappa shape index (κ2) is 6.62. The molecule has 1 unspecified atom stereocenters. The first kappa shape index (κ1) is 15.9. The van der Waals surface area contributed by atoms with Gasteiger partial charge in [-0.15, -0.1) is 0 Å². The maximum atomic E-state index is 11.8. The molecule has 1 amide bonds. The van der Waals surface area contributed by atoms with E-state index in [1.807, 2.05) is 0 Å². The van der Waals surface area contributed by atoms with E-state index in [2.05, 4.69) is 37.7 Å². The molecular formula is C13H25NO3. The molecule has 17 heavy (non-hydrogen) atoms. The zero-order chi connectivity index (χ0) is 13.6. The molecule has 0 bridgehead atoms. The number of esters is 1. The first-order valence-electron chi connectivity index (χ1n) is 6.11. The van der Waals surface area contributed by atoms with E-state index in [1.165, 1.54) is 7.11 Å². The van der Waals surface area contributed by atoms with Gasteiger partial charge >= 0.3 is 5.97 Å². The molecule has 0 saturated carbocycles. The molecule has 1 atom stereocenters. The Morgan fingerprint density at radius 2 is 1.82 bits per heavy atom. The predicted molar refractivity (Wildman–Crippen MR) is 67.4 cm³/mol. The summed E-state index contributed by atoms with van der Waals surface area (Å²) in [5.41, 5.74) is 0.0179. The van der Waals surface area contributed by atoms with E-state index < -0.39 is 11.9 Å². The van der Waals surface area contributed by atoms with Crippen LogP contribution >= 0.6 is 0 Å². The van der Waals surface area contributed by atoms with E-state index in [0.717, 1.165) is 0 Å². The zero-order valence-corrected chi connectivity index (χ0v) is 11.8. The van der Waals surface area contributed by atoms with Crippen LogP contribution in [0.25, 0.3) is 0 Å². The van der Waals surface area contributed by atoms with Crippen LogP contribution in [0.1, 0.15) is 41.0 Å². The number of nitrogens with one attached hydrogen (secondary N) is 1. The Balaban J connectivity index is 4.39. The number of methoxy groups -OCH3 is 1. The predicted octanol–water partition coefficient (Wildman–Crippen LogP) is 1.98. The maximum absolute atomic E-state index is 11.8. The van der Waals surface area contributed by atoms with E-state index in [0.29, 0.717) is 18.9 Å². The molecule has 1 N–H and O–H groups in total. The van der Waals surface area contributed by atoms with Gasteiger partial charge < -0.3 is 10.1 Å². The number of hydrogen-bond acceptors (Lipinski definition) is 3. The smallest absolute Gasteiger partial charge is 0.318 e. The highest BCUT2D eigenvalue weighted by Gasteiger charge is 2.28. The third kappa shape index (κ3) is 4.75. The Morgan fingerprint density at radius 1 is 1.29 bits per heavy atom. The fraction of sp³-hybridized carbons (Fsp3) is 0.846. The van der Waals surface area contributed by atoms with Crippen molar-refractivity contribution in [3.8, 4) is 0 Å². The van der Waals surface area contributed by atoms with Crippen LogP contribution in [0.2, 0.25) is 0 Å². The minimum absolute atomic E-state index is 0.0179. The number of hydrogen-bond donors (Lipinski definition) is 1. The van der Waals surface area contributed by atoms with Gasteiger partial charge in [0.15, 0.2) is 0 Å². The van der Waals surface area contributed by atoms with Gasteiger partial charge in [0.1, 0.15) is 5.92 Å². The topological polar surface area (TPSA) is 55.4 Å². The van der Waals surface area contributed by atoms with Crippen molar-refractivity contribution in [2.24, 2.45) is 17.3 Å². The van der Waals surface area contributed by atoms with Crippen molar-refractivity contribution in [3.63, 3.8) is 0 Å². The minimum atomic E-state index is -0.692. The third-order valence-electron chi connectivity index (χ3n) is 3.49. The number of rotatable bonds is 6. The molecule has 0 saturated heterocycles. The van der Waals surface area contributed by atoms with Crippen LogP contribution in [-0.2, 0) is 14.3 Å². The van der Waals surface area contributed by atoms with Crippen LogP contribution in [0.4, 0.5) is 0 Å². The van der Waals surface area contributed by atoms with Gasteiger partial charge in [0, 0.05) is 6.54 Å². The fourth-order valence-corrected chi connectivity index (χ4v) is 1.24. The van der Waals surface area contributed by atoms with Crippen molar-refractivity contribution >= 4 is 11.9 Å². The number of carbonyl (C=O) groups is 2. The molecule has 4 heteroatoms. The zero-order valence-electron chi connectivity index (χ0n) is 11.8. The van der Waals surface area contributed by atoms with Crippen molar-refractivity contribution in [1.82, 2.24) is 5.32 Å². The summed E-state index contributed by atoms with van der Waals surface area (Å²) in [6, 6.07) is 0. The molecule has 0 spiro atoms. The first-order chi connectivity index (χ1) is 7.76. The van der Waals surface area contributed by atoms with Crippen molar-refractivity contribution in [3.05, 3.63) is 0 Å². The summed E-state index contributed by atoms with van der Waals surface area (Å²) in [5, 5.41) is 2.83. The van der Waals surface area contributed by atoms with Gasteiger partial charge in [-0.2, -0.15) is 0 Å². The highest BCUT2D eigenvalue weighted by molar-refractivity contribution is 5.97. The monoisotopic (exact) mass is 243 g/mol. The Kier molecular flexibility index (Phi) is 6.21. The average Bonchev–Trinajstić information content (AvgIpc) is 2.26. The molecule has 100 valence electrons. The molecule has 0 rings (SSSR count). The van der Waals surface area contributed by atoms with Crippen LogP contribution in [-0.4, -0.2) is 25.5 Å². The van der Waals surface area contributed by atoms with Crippen molar-refractivity contribution < 1.29 is 14.3 Å². The Bertz CT molecular complexity index is 272. The van der Waals surface area contributed by atoms with Crippen molar-refractivity contribution in [2.75, 3.05) is 13.7 Å². The summed E-state index contributed by atoms with van der Waals surface area (Å²) in [5.74, 6) is -0.940. The summed E-state index contributed by atoms with van der Waals surface area (Å²) in [4.78, 5) is 23.2. The van der Waals surface area contributed by atoms with Gasteiger partial charge in [-0.25, -0.2) is 0 Å². The molecule has 0 aliphatic rings. The quantitative estimate of drug-likeness (QED) is 0.573. The lowest BCUT2D eigenvalue weighted by Gasteiger charge is -2.29. The molecule has 0 aliphatic carbocycles. The van der Waals surface area contributed by atoms with E-state index >= 15 is 0 Å². The minimum Gasteiger partial charge on any atom is -0.468 e. The second-order valence-corrected chi connectivity index (χ2v) is 5.35. The van der Waals surface area contributed by atoms with Crippen LogP contribution in [0.5, 0.6) is 0 Å². The molecule has 0 fully saturated rings. The maximum Gasteiger partial charge on any atom is 0.318 e. The third-order valence-corrected chi connectivity index (χ3v) is 3.49. The standard InChI is InChI=1S/C13H25NO3/c1-7-10(12(16)17-6)11(15)14-8-13(4,5)9(2)3/h9-10H,7-8H2,1-6H3,(H,14,15). The normalized spacial score (nSPS) is 13.4. The molecule has 0 aromatic carbocycles. The summed E-state index contributed by atoms with van der Waals surface area (Å²) < 4.78 is 4.60. The Morgan fingerprint density at radius 3 is 2.18 bits per heavy atom. The molecule has 0 radical (unpaired) electrons. The number of ether oxygens (including phenoxy) is 1.